The predicted octanol–water partition coefficient (Wildman–Crippen LogP) is 2.63. The number of hydrogen-bond acceptors (Lipinski definition) is 4. The molecule has 6 nitrogen and oxygen atoms in total. The molecular weight excluding hydrogens is 366 g/mol. The number of benzene rings is 1. The van der Waals surface area contributed by atoms with Gasteiger partial charge in [-0.25, -0.2) is 0 Å². The van der Waals surface area contributed by atoms with Crippen molar-refractivity contribution in [1.82, 2.24) is 14.8 Å². The number of pyridine rings is 1. The van der Waals surface area contributed by atoms with Crippen molar-refractivity contribution < 1.29 is 14.3 Å². The van der Waals surface area contributed by atoms with E-state index in [1.807, 2.05) is 50.2 Å². The fraction of sp³-hybridized carbons (Fsp3) is 0.435. The van der Waals surface area contributed by atoms with Gasteiger partial charge in [0.05, 0.1) is 13.2 Å². The standard InChI is InChI=1S/C23H29N3O3/c1-17(2)21(27)26-13-14-29-23(16-26,22(28)25(3)4)15-18-5-7-19(8-6-18)20-9-11-24-12-10-20/h5-12,17H,13-16H2,1-4H3/t23-/m0/s1. The van der Waals surface area contributed by atoms with Crippen LogP contribution in [0.1, 0.15) is 19.4 Å². The molecule has 1 saturated heterocycles. The van der Waals surface area contributed by atoms with Crippen LogP contribution >= 0.6 is 0 Å². The van der Waals surface area contributed by atoms with Crippen molar-refractivity contribution in [3.05, 3.63) is 54.4 Å². The number of morpholine rings is 1. The van der Waals surface area contributed by atoms with Gasteiger partial charge >= 0.3 is 0 Å². The third-order valence-electron chi connectivity index (χ3n) is 5.24. The molecule has 1 aliphatic rings. The molecule has 0 unspecified atom stereocenters. The molecule has 0 radical (unpaired) electrons. The molecule has 6 heteroatoms. The van der Waals surface area contributed by atoms with E-state index in [4.69, 9.17) is 4.74 Å². The summed E-state index contributed by atoms with van der Waals surface area (Å²) in [5, 5.41) is 0. The Morgan fingerprint density at radius 3 is 2.31 bits per heavy atom. The maximum absolute atomic E-state index is 13.1. The Kier molecular flexibility index (Phi) is 6.33. The van der Waals surface area contributed by atoms with Gasteiger partial charge in [0.2, 0.25) is 5.91 Å². The maximum atomic E-state index is 13.1. The number of rotatable bonds is 5. The van der Waals surface area contributed by atoms with Crippen LogP contribution in [-0.2, 0) is 20.7 Å². The number of carbonyl (C=O) groups is 2. The van der Waals surface area contributed by atoms with Crippen molar-refractivity contribution in [3.8, 4) is 11.1 Å². The van der Waals surface area contributed by atoms with Crippen LogP contribution in [0.15, 0.2) is 48.8 Å². The molecule has 0 spiro atoms. The Balaban J connectivity index is 1.86. The lowest BCUT2D eigenvalue weighted by Gasteiger charge is -2.43. The Bertz CT molecular complexity index is 849. The third kappa shape index (κ3) is 4.65. The lowest BCUT2D eigenvalue weighted by atomic mass is 9.89. The summed E-state index contributed by atoms with van der Waals surface area (Å²) in [4.78, 5) is 33.0. The zero-order valence-corrected chi connectivity index (χ0v) is 17.6. The van der Waals surface area contributed by atoms with E-state index < -0.39 is 5.60 Å². The molecule has 1 aliphatic heterocycles. The molecule has 2 aromatic rings. The molecule has 154 valence electrons. The number of ether oxygens (including phenoxy) is 1. The number of aromatic nitrogens is 1. The second-order valence-electron chi connectivity index (χ2n) is 8.07. The van der Waals surface area contributed by atoms with Crippen LogP contribution in [0.5, 0.6) is 0 Å². The third-order valence-corrected chi connectivity index (χ3v) is 5.24. The van der Waals surface area contributed by atoms with E-state index in [1.54, 1.807) is 36.3 Å². The first-order chi connectivity index (χ1) is 13.8. The quantitative estimate of drug-likeness (QED) is 0.781. The smallest absolute Gasteiger partial charge is 0.256 e. The van der Waals surface area contributed by atoms with Crippen molar-refractivity contribution in [3.63, 3.8) is 0 Å². The van der Waals surface area contributed by atoms with E-state index >= 15 is 0 Å². The van der Waals surface area contributed by atoms with Crippen molar-refractivity contribution in [2.24, 2.45) is 5.92 Å². The van der Waals surface area contributed by atoms with E-state index in [-0.39, 0.29) is 24.3 Å². The lowest BCUT2D eigenvalue weighted by Crippen LogP contribution is -2.62. The average Bonchev–Trinajstić information content (AvgIpc) is 2.73. The molecule has 1 aromatic heterocycles. The number of likely N-dealkylation sites (N-methyl/N-ethyl adjacent to an activating group) is 1. The minimum atomic E-state index is -1.06. The fourth-order valence-electron chi connectivity index (χ4n) is 3.75. The highest BCUT2D eigenvalue weighted by molar-refractivity contribution is 5.87. The van der Waals surface area contributed by atoms with Crippen LogP contribution in [-0.4, -0.2) is 66.0 Å². The van der Waals surface area contributed by atoms with Gasteiger partial charge in [-0.15, -0.1) is 0 Å². The molecule has 0 aliphatic carbocycles. The molecule has 1 atom stereocenters. The van der Waals surface area contributed by atoms with E-state index in [9.17, 15) is 9.59 Å². The molecule has 0 saturated carbocycles. The molecule has 2 amide bonds. The van der Waals surface area contributed by atoms with Gasteiger partial charge in [0.15, 0.2) is 5.60 Å². The number of hydrogen-bond donors (Lipinski definition) is 0. The molecule has 0 bridgehead atoms. The lowest BCUT2D eigenvalue weighted by molar-refractivity contribution is -0.173. The zero-order valence-electron chi connectivity index (χ0n) is 17.6. The van der Waals surface area contributed by atoms with Gasteiger partial charge in [0.1, 0.15) is 0 Å². The largest absolute Gasteiger partial charge is 0.361 e. The predicted molar refractivity (Wildman–Crippen MR) is 112 cm³/mol. The number of carbonyl (C=O) groups excluding carboxylic acids is 2. The topological polar surface area (TPSA) is 62.7 Å². The number of amides is 2. The second kappa shape index (κ2) is 8.74. The minimum absolute atomic E-state index is 0.0530. The van der Waals surface area contributed by atoms with E-state index in [1.165, 1.54) is 0 Å². The van der Waals surface area contributed by atoms with Crippen molar-refractivity contribution >= 4 is 11.8 Å². The maximum Gasteiger partial charge on any atom is 0.256 e. The SMILES string of the molecule is CC(C)C(=O)N1CCO[C@](Cc2ccc(-c3ccncc3)cc2)(C(=O)N(C)C)C1. The van der Waals surface area contributed by atoms with Crippen molar-refractivity contribution in [1.29, 1.82) is 0 Å². The molecule has 3 rings (SSSR count). The first-order valence-electron chi connectivity index (χ1n) is 9.96. The van der Waals surface area contributed by atoms with Crippen LogP contribution in [0.2, 0.25) is 0 Å². The van der Waals surface area contributed by atoms with Gasteiger partial charge in [-0.1, -0.05) is 38.1 Å². The van der Waals surface area contributed by atoms with Crippen molar-refractivity contribution in [2.75, 3.05) is 33.8 Å². The first-order valence-corrected chi connectivity index (χ1v) is 9.96. The summed E-state index contributed by atoms with van der Waals surface area (Å²) < 4.78 is 6.07. The summed E-state index contributed by atoms with van der Waals surface area (Å²) in [6.45, 7) is 4.90. The van der Waals surface area contributed by atoms with E-state index in [0.29, 0.717) is 19.6 Å². The molecule has 1 fully saturated rings. The highest BCUT2D eigenvalue weighted by Crippen LogP contribution is 2.28. The summed E-state index contributed by atoms with van der Waals surface area (Å²) in [5.74, 6) is -0.172. The molecule has 2 heterocycles. The first kappa shape index (κ1) is 21.0. The van der Waals surface area contributed by atoms with Crippen LogP contribution in [0.25, 0.3) is 11.1 Å². The van der Waals surface area contributed by atoms with Crippen molar-refractivity contribution in [2.45, 2.75) is 25.9 Å². The second-order valence-corrected chi connectivity index (χ2v) is 8.07. The van der Waals surface area contributed by atoms with Crippen LogP contribution in [0, 0.1) is 5.92 Å². The Hall–Kier alpha value is -2.73. The number of nitrogens with zero attached hydrogens (tertiary/aromatic N) is 3. The summed E-state index contributed by atoms with van der Waals surface area (Å²) in [7, 11) is 3.45. The van der Waals surface area contributed by atoms with E-state index in [0.717, 1.165) is 16.7 Å². The Morgan fingerprint density at radius 1 is 1.10 bits per heavy atom. The summed E-state index contributed by atoms with van der Waals surface area (Å²) >= 11 is 0. The minimum Gasteiger partial charge on any atom is -0.361 e. The zero-order chi connectivity index (χ0) is 21.0. The van der Waals surface area contributed by atoms with Gasteiger partial charge in [-0.2, -0.15) is 0 Å². The van der Waals surface area contributed by atoms with Gasteiger partial charge in [-0.05, 0) is 28.8 Å². The summed E-state index contributed by atoms with van der Waals surface area (Å²) in [6.07, 6.45) is 3.96. The van der Waals surface area contributed by atoms with Crippen LogP contribution in [0.3, 0.4) is 0 Å². The summed E-state index contributed by atoms with van der Waals surface area (Å²) in [6, 6.07) is 12.0. The summed E-state index contributed by atoms with van der Waals surface area (Å²) in [5.41, 5.74) is 2.11. The molecular formula is C23H29N3O3. The normalized spacial score (nSPS) is 19.3. The van der Waals surface area contributed by atoms with E-state index in [2.05, 4.69) is 4.98 Å². The Labute approximate surface area is 172 Å². The molecule has 1 aromatic carbocycles. The Morgan fingerprint density at radius 2 is 1.72 bits per heavy atom. The monoisotopic (exact) mass is 395 g/mol. The van der Waals surface area contributed by atoms with Gasteiger partial charge in [0.25, 0.3) is 5.91 Å². The van der Waals surface area contributed by atoms with Gasteiger partial charge in [-0.3, -0.25) is 14.6 Å². The van der Waals surface area contributed by atoms with Gasteiger partial charge in [0, 0.05) is 45.4 Å². The van der Waals surface area contributed by atoms with Crippen LogP contribution < -0.4 is 0 Å². The molecule has 29 heavy (non-hydrogen) atoms. The average molecular weight is 396 g/mol. The highest BCUT2D eigenvalue weighted by atomic mass is 16.5. The highest BCUT2D eigenvalue weighted by Gasteiger charge is 2.46. The molecule has 0 N–H and O–H groups in total. The van der Waals surface area contributed by atoms with Gasteiger partial charge < -0.3 is 14.5 Å². The van der Waals surface area contributed by atoms with Crippen LogP contribution in [0.4, 0.5) is 0 Å². The fourth-order valence-corrected chi connectivity index (χ4v) is 3.75.